The number of pyridine rings is 1. The van der Waals surface area contributed by atoms with E-state index in [1.165, 1.54) is 0 Å². The number of carbonyl (C=O) groups excluding carboxylic acids is 1. The Bertz CT molecular complexity index is 1180. The molecule has 178 valence electrons. The molecule has 4 heterocycles. The maximum Gasteiger partial charge on any atom is 0.279 e. The Morgan fingerprint density at radius 1 is 1.24 bits per heavy atom. The molecular weight excluding hydrogens is 490 g/mol. The molecule has 0 aliphatic carbocycles. The van der Waals surface area contributed by atoms with Crippen LogP contribution in [0.5, 0.6) is 0 Å². The lowest BCUT2D eigenvalue weighted by Gasteiger charge is -2.57. The van der Waals surface area contributed by atoms with Crippen LogP contribution >= 0.6 is 0 Å². The van der Waals surface area contributed by atoms with Gasteiger partial charge in [0.05, 0.1) is 18.6 Å². The quantitative estimate of drug-likeness (QED) is 0.382. The number of fused-ring (bicyclic) bond motifs is 4. The van der Waals surface area contributed by atoms with E-state index in [0.29, 0.717) is 22.9 Å². The first kappa shape index (κ1) is 24.6. The molecule has 3 aliphatic rings. The number of nitrogens with zero attached hydrogens (tertiary/aromatic N) is 2. The Balaban J connectivity index is 0.00000274. The summed E-state index contributed by atoms with van der Waals surface area (Å²) in [4.78, 5) is 17.7. The number of amides is 1. The smallest absolute Gasteiger partial charge is 0.279 e. The fraction of sp³-hybridized carbons (Fsp3) is 0.357. The number of anilines is 1. The van der Waals surface area contributed by atoms with Gasteiger partial charge in [-0.25, -0.2) is 0 Å². The zero-order chi connectivity index (χ0) is 23.0. The third-order valence-electron chi connectivity index (χ3n) is 7.84. The van der Waals surface area contributed by atoms with Gasteiger partial charge in [-0.1, -0.05) is 42.0 Å². The Morgan fingerprint density at radius 2 is 2.00 bits per heavy atom. The number of benzene rings is 2. The summed E-state index contributed by atoms with van der Waals surface area (Å²) >= 11 is 0. The van der Waals surface area contributed by atoms with Crippen LogP contribution in [0.4, 0.5) is 5.69 Å². The van der Waals surface area contributed by atoms with Crippen molar-refractivity contribution in [3.8, 4) is 0 Å². The van der Waals surface area contributed by atoms with Crippen LogP contribution in [-0.4, -0.2) is 46.2 Å². The Labute approximate surface area is 211 Å². The van der Waals surface area contributed by atoms with E-state index in [9.17, 15) is 9.90 Å². The van der Waals surface area contributed by atoms with Gasteiger partial charge >= 0.3 is 0 Å². The van der Waals surface area contributed by atoms with Crippen LogP contribution in [0.1, 0.15) is 30.1 Å². The van der Waals surface area contributed by atoms with Crippen molar-refractivity contribution in [1.82, 2.24) is 4.98 Å². The van der Waals surface area contributed by atoms with Crippen molar-refractivity contribution in [1.29, 1.82) is 0 Å². The Kier molecular flexibility index (Phi) is 7.22. The molecule has 2 N–H and O–H groups in total. The topological polar surface area (TPSA) is 62.2 Å². The average molecular weight is 522 g/mol. The van der Waals surface area contributed by atoms with Crippen LogP contribution in [0, 0.1) is 18.8 Å². The molecule has 3 fully saturated rings. The summed E-state index contributed by atoms with van der Waals surface area (Å²) in [6, 6.07) is 17.8. The van der Waals surface area contributed by atoms with Crippen molar-refractivity contribution in [3.63, 3.8) is 0 Å². The molecule has 2 bridgehead atoms. The molecule has 0 radical (unpaired) electrons. The third-order valence-corrected chi connectivity index (χ3v) is 7.84. The van der Waals surface area contributed by atoms with E-state index in [-0.39, 0.29) is 28.9 Å². The zero-order valence-electron chi connectivity index (χ0n) is 19.5. The van der Waals surface area contributed by atoms with Gasteiger partial charge in [0.1, 0.15) is 12.1 Å². The van der Waals surface area contributed by atoms with Gasteiger partial charge in [0, 0.05) is 36.0 Å². The van der Waals surface area contributed by atoms with Crippen LogP contribution in [0.15, 0.2) is 73.4 Å². The largest absolute Gasteiger partial charge is 1.00 e. The summed E-state index contributed by atoms with van der Waals surface area (Å²) in [5.41, 5.74) is 3.77. The fourth-order valence-electron chi connectivity index (χ4n) is 6.09. The molecule has 2 aromatic carbocycles. The van der Waals surface area contributed by atoms with Crippen molar-refractivity contribution in [2.75, 3.05) is 25.0 Å². The second kappa shape index (κ2) is 9.98. The molecule has 3 aliphatic heterocycles. The normalized spacial score (nSPS) is 26.5. The van der Waals surface area contributed by atoms with E-state index in [4.69, 9.17) is 0 Å². The minimum atomic E-state index is -0.654. The molecule has 1 aromatic heterocycles. The van der Waals surface area contributed by atoms with Crippen LogP contribution in [-0.2, 0) is 4.79 Å². The molecule has 0 saturated carbocycles. The summed E-state index contributed by atoms with van der Waals surface area (Å²) in [6.45, 7) is 8.22. The number of hydrogen-bond donors (Lipinski definition) is 2. The monoisotopic (exact) mass is 521 g/mol. The molecule has 3 aromatic rings. The molecule has 34 heavy (non-hydrogen) atoms. The van der Waals surface area contributed by atoms with Gasteiger partial charge < -0.3 is 31.9 Å². The minimum absolute atomic E-state index is 0. The highest BCUT2D eigenvalue weighted by Crippen LogP contribution is 2.47. The van der Waals surface area contributed by atoms with Crippen molar-refractivity contribution in [3.05, 3.63) is 84.6 Å². The maximum atomic E-state index is 13.2. The standard InChI is InChI=1S/C28H31N3O2.BrH/c1-3-20-17-31(18-27(32)30-22-10-8-19(2)9-11-22)15-13-21(20)16-26(31)28(33)24-12-14-29-25-7-5-4-6-23(24)25;/h3-12,14,20-21,26,28,33H,1,13,15-18H2,2H3;1H/t20-,21-,26+,28-,31-;/m0./s1. The van der Waals surface area contributed by atoms with Crippen molar-refractivity contribution in [2.24, 2.45) is 11.8 Å². The van der Waals surface area contributed by atoms with Gasteiger partial charge in [-0.2, -0.15) is 0 Å². The van der Waals surface area contributed by atoms with Crippen molar-refractivity contribution >= 4 is 22.5 Å². The molecule has 6 heteroatoms. The number of para-hydroxylation sites is 1. The first-order valence-corrected chi connectivity index (χ1v) is 11.9. The minimum Gasteiger partial charge on any atom is -1.00 e. The number of nitrogens with one attached hydrogen (secondary N) is 1. The summed E-state index contributed by atoms with van der Waals surface area (Å²) in [5, 5.41) is 15.8. The van der Waals surface area contributed by atoms with E-state index in [2.05, 4.69) is 23.0 Å². The number of aromatic nitrogens is 1. The molecule has 3 saturated heterocycles. The number of rotatable bonds is 6. The number of carbonyl (C=O) groups is 1. The van der Waals surface area contributed by atoms with Crippen LogP contribution < -0.4 is 22.3 Å². The number of piperidine rings is 3. The first-order valence-electron chi connectivity index (χ1n) is 11.9. The van der Waals surface area contributed by atoms with E-state index in [1.54, 1.807) is 6.20 Å². The highest BCUT2D eigenvalue weighted by atomic mass is 79.9. The molecule has 5 atom stereocenters. The maximum absolute atomic E-state index is 13.2. The molecular formula is C28H32BrN3O2. The SMILES string of the molecule is C=C[C@H]1C[N@+]2(CC(=O)Nc3ccc(C)cc3)CC[C@H]1C[C@@H]2[C@@H](O)c1ccnc2ccccc12.[Br-]. The Morgan fingerprint density at radius 3 is 2.76 bits per heavy atom. The first-order chi connectivity index (χ1) is 16.0. The number of aryl methyl sites for hydroxylation is 1. The lowest BCUT2D eigenvalue weighted by molar-refractivity contribution is -0.966. The van der Waals surface area contributed by atoms with Crippen LogP contribution in [0.3, 0.4) is 0 Å². The summed E-state index contributed by atoms with van der Waals surface area (Å²) in [7, 11) is 0. The molecule has 5 nitrogen and oxygen atoms in total. The number of quaternary nitrogens is 1. The average Bonchev–Trinajstić information content (AvgIpc) is 2.84. The van der Waals surface area contributed by atoms with Crippen molar-refractivity contribution in [2.45, 2.75) is 31.9 Å². The molecule has 0 spiro atoms. The van der Waals surface area contributed by atoms with Crippen molar-refractivity contribution < 1.29 is 31.4 Å². The second-order valence-corrected chi connectivity index (χ2v) is 9.81. The third kappa shape index (κ3) is 4.54. The number of hydrogen-bond acceptors (Lipinski definition) is 3. The van der Waals surface area contributed by atoms with Gasteiger partial charge in [-0.15, -0.1) is 6.58 Å². The number of halogens is 1. The zero-order valence-corrected chi connectivity index (χ0v) is 21.1. The molecule has 1 amide bonds. The lowest BCUT2D eigenvalue weighted by Crippen LogP contribution is -3.00. The second-order valence-electron chi connectivity index (χ2n) is 9.81. The summed E-state index contributed by atoms with van der Waals surface area (Å²) in [6.07, 6.45) is 5.14. The van der Waals surface area contributed by atoms with Gasteiger partial charge in [-0.3, -0.25) is 9.78 Å². The predicted molar refractivity (Wildman–Crippen MR) is 132 cm³/mol. The van der Waals surface area contributed by atoms with Gasteiger partial charge in [0.2, 0.25) is 0 Å². The van der Waals surface area contributed by atoms with Gasteiger partial charge in [0.15, 0.2) is 6.54 Å². The van der Waals surface area contributed by atoms with Crippen LogP contribution in [0.25, 0.3) is 10.9 Å². The van der Waals surface area contributed by atoms with E-state index in [0.717, 1.165) is 53.6 Å². The molecule has 0 unspecified atom stereocenters. The predicted octanol–water partition coefficient (Wildman–Crippen LogP) is 1.63. The van der Waals surface area contributed by atoms with E-state index >= 15 is 0 Å². The van der Waals surface area contributed by atoms with E-state index < -0.39 is 6.10 Å². The highest BCUT2D eigenvalue weighted by molar-refractivity contribution is 5.91. The van der Waals surface area contributed by atoms with Crippen LogP contribution in [0.2, 0.25) is 0 Å². The lowest BCUT2D eigenvalue weighted by atomic mass is 9.71. The Hall–Kier alpha value is -2.54. The van der Waals surface area contributed by atoms with E-state index in [1.807, 2.05) is 61.5 Å². The number of aliphatic hydroxyl groups is 1. The van der Waals surface area contributed by atoms with Gasteiger partial charge in [-0.05, 0) is 42.7 Å². The van der Waals surface area contributed by atoms with Gasteiger partial charge in [0.25, 0.3) is 5.91 Å². The fourth-order valence-corrected chi connectivity index (χ4v) is 6.09. The summed E-state index contributed by atoms with van der Waals surface area (Å²) in [5.74, 6) is 0.887. The number of aliphatic hydroxyl groups excluding tert-OH is 1. The molecule has 6 rings (SSSR count). The highest BCUT2D eigenvalue weighted by Gasteiger charge is 2.54. The summed E-state index contributed by atoms with van der Waals surface area (Å²) < 4.78 is 0.600.